The van der Waals surface area contributed by atoms with Gasteiger partial charge in [-0.2, -0.15) is 22.5 Å². The van der Waals surface area contributed by atoms with Crippen LogP contribution >= 0.6 is 22.9 Å². The number of carbonyl (C=O) groups excluding carboxylic acids is 1. The number of aromatic nitrogens is 2. The maximum Gasteiger partial charge on any atom is 0.280 e. The summed E-state index contributed by atoms with van der Waals surface area (Å²) in [6.07, 6.45) is 4.69. The van der Waals surface area contributed by atoms with E-state index in [0.717, 1.165) is 37.7 Å². The molecule has 1 aliphatic heterocycles. The van der Waals surface area contributed by atoms with Crippen molar-refractivity contribution in [3.8, 4) is 11.1 Å². The number of nitrogens with one attached hydrogen (secondary N) is 2. The van der Waals surface area contributed by atoms with Crippen LogP contribution < -0.4 is 10.0 Å². The van der Waals surface area contributed by atoms with Crippen LogP contribution in [-0.2, 0) is 28.5 Å². The second kappa shape index (κ2) is 9.15. The highest BCUT2D eigenvalue weighted by atomic mass is 35.5. The highest BCUT2D eigenvalue weighted by Gasteiger charge is 2.41. The molecule has 1 amide bonds. The molecule has 3 heterocycles. The fourth-order valence-electron chi connectivity index (χ4n) is 3.78. The number of likely N-dealkylation sites (N-methyl/N-ethyl adjacent to an activating group) is 1. The summed E-state index contributed by atoms with van der Waals surface area (Å²) in [5.41, 5.74) is 2.25. The van der Waals surface area contributed by atoms with Crippen molar-refractivity contribution in [3.05, 3.63) is 57.3 Å². The van der Waals surface area contributed by atoms with Gasteiger partial charge in [-0.25, -0.2) is 4.39 Å². The summed E-state index contributed by atoms with van der Waals surface area (Å²) in [4.78, 5) is 14.9. The quantitative estimate of drug-likeness (QED) is 0.545. The molecule has 8 nitrogen and oxygen atoms in total. The van der Waals surface area contributed by atoms with Crippen molar-refractivity contribution in [1.29, 1.82) is 0 Å². The van der Waals surface area contributed by atoms with Gasteiger partial charge in [0, 0.05) is 41.3 Å². The molecule has 4 rings (SSSR count). The Balaban J connectivity index is 1.62. The number of hydrogen-bond donors (Lipinski definition) is 2. The van der Waals surface area contributed by atoms with Gasteiger partial charge in [0.25, 0.3) is 10.2 Å². The average Bonchev–Trinajstić information content (AvgIpc) is 3.38. The molecule has 0 spiro atoms. The zero-order chi connectivity index (χ0) is 23.9. The minimum Gasteiger partial charge on any atom is -0.325 e. The molecule has 1 fully saturated rings. The number of halogens is 2. The molecule has 176 valence electrons. The Morgan fingerprint density at radius 3 is 2.76 bits per heavy atom. The first-order valence-corrected chi connectivity index (χ1v) is 12.8. The van der Waals surface area contributed by atoms with Gasteiger partial charge in [0.05, 0.1) is 17.3 Å². The van der Waals surface area contributed by atoms with Crippen LogP contribution in [0, 0.1) is 5.82 Å². The summed E-state index contributed by atoms with van der Waals surface area (Å²) < 4.78 is 44.5. The molecule has 0 radical (unpaired) electrons. The first-order chi connectivity index (χ1) is 15.6. The molecular weight excluding hydrogens is 489 g/mol. The van der Waals surface area contributed by atoms with E-state index in [1.54, 1.807) is 10.9 Å². The highest BCUT2D eigenvalue weighted by Crippen LogP contribution is 2.38. The van der Waals surface area contributed by atoms with Gasteiger partial charge < -0.3 is 5.32 Å². The number of rotatable bonds is 5. The largest absolute Gasteiger partial charge is 0.325 e. The van der Waals surface area contributed by atoms with E-state index in [0.29, 0.717) is 0 Å². The Kier molecular flexibility index (Phi) is 6.61. The zero-order valence-corrected chi connectivity index (χ0v) is 20.6. The van der Waals surface area contributed by atoms with Crippen LogP contribution in [0.3, 0.4) is 0 Å². The lowest BCUT2D eigenvalue weighted by Crippen LogP contribution is -2.55. The predicted octanol–water partition coefficient (Wildman–Crippen LogP) is 3.72. The van der Waals surface area contributed by atoms with E-state index in [9.17, 15) is 17.6 Å². The van der Waals surface area contributed by atoms with Crippen molar-refractivity contribution >= 4 is 44.7 Å². The van der Waals surface area contributed by atoms with Gasteiger partial charge in [0.2, 0.25) is 5.91 Å². The standard InChI is InChI=1S/C21H23ClFN5O3S2/c1-4-19-14(12-10-24-27(2)11-12)8-20(32-19)17-9-18(28(3)33(30,31)26-17)21(29)25-13-5-6-16(23)15(22)7-13/h5-8,10-11,17-18,26H,4,9H2,1-3H3,(H,25,29). The molecule has 0 bridgehead atoms. The lowest BCUT2D eigenvalue weighted by molar-refractivity contribution is -0.120. The van der Waals surface area contributed by atoms with E-state index >= 15 is 0 Å². The molecule has 0 saturated carbocycles. The monoisotopic (exact) mass is 511 g/mol. The second-order valence-corrected chi connectivity index (χ2v) is 11.1. The molecule has 1 aliphatic rings. The number of aryl methyl sites for hydroxylation is 2. The Labute approximate surface area is 200 Å². The van der Waals surface area contributed by atoms with Crippen LogP contribution in [0.15, 0.2) is 36.7 Å². The van der Waals surface area contributed by atoms with Crippen molar-refractivity contribution in [2.75, 3.05) is 12.4 Å². The normalized spacial score (nSPS) is 20.6. The molecule has 1 aromatic carbocycles. The number of nitrogens with zero attached hydrogens (tertiary/aromatic N) is 3. The number of anilines is 1. The van der Waals surface area contributed by atoms with Crippen LogP contribution in [0.5, 0.6) is 0 Å². The third-order valence-electron chi connectivity index (χ3n) is 5.57. The molecule has 0 aliphatic carbocycles. The number of carbonyl (C=O) groups is 1. The van der Waals surface area contributed by atoms with Crippen LogP contribution in [0.1, 0.15) is 29.1 Å². The zero-order valence-electron chi connectivity index (χ0n) is 18.2. The van der Waals surface area contributed by atoms with Crippen LogP contribution in [-0.4, -0.2) is 41.5 Å². The molecule has 12 heteroatoms. The highest BCUT2D eigenvalue weighted by molar-refractivity contribution is 7.87. The Morgan fingerprint density at radius 2 is 2.12 bits per heavy atom. The van der Waals surface area contributed by atoms with Gasteiger partial charge in [0.1, 0.15) is 11.9 Å². The van der Waals surface area contributed by atoms with Crippen molar-refractivity contribution in [1.82, 2.24) is 18.8 Å². The fraction of sp³-hybridized carbons (Fsp3) is 0.333. The maximum atomic E-state index is 13.4. The first kappa shape index (κ1) is 23.8. The van der Waals surface area contributed by atoms with Crippen molar-refractivity contribution < 1.29 is 17.6 Å². The third-order valence-corrected chi connectivity index (χ3v) is 8.84. The first-order valence-electron chi connectivity index (χ1n) is 10.2. The number of thiophene rings is 1. The van der Waals surface area contributed by atoms with E-state index < -0.39 is 34.0 Å². The fourth-order valence-corrected chi connectivity index (χ4v) is 6.50. The maximum absolute atomic E-state index is 13.4. The minimum absolute atomic E-state index is 0.134. The smallest absolute Gasteiger partial charge is 0.280 e. The van der Waals surface area contributed by atoms with Crippen molar-refractivity contribution in [3.63, 3.8) is 0 Å². The summed E-state index contributed by atoms with van der Waals surface area (Å²) in [6, 6.07) is 4.24. The molecular formula is C21H23ClFN5O3S2. The molecule has 2 N–H and O–H groups in total. The number of hydrogen-bond acceptors (Lipinski definition) is 5. The van der Waals surface area contributed by atoms with Gasteiger partial charge in [-0.3, -0.25) is 9.48 Å². The second-order valence-electron chi connectivity index (χ2n) is 7.80. The molecule has 33 heavy (non-hydrogen) atoms. The Bertz CT molecular complexity index is 1310. The van der Waals surface area contributed by atoms with Crippen molar-refractivity contribution in [2.45, 2.75) is 31.8 Å². The Morgan fingerprint density at radius 1 is 1.36 bits per heavy atom. The topological polar surface area (TPSA) is 96.3 Å². The third kappa shape index (κ3) is 4.82. The molecule has 2 atom stereocenters. The lowest BCUT2D eigenvalue weighted by Gasteiger charge is -2.35. The van der Waals surface area contributed by atoms with E-state index in [1.807, 2.05) is 26.2 Å². The summed E-state index contributed by atoms with van der Waals surface area (Å²) in [5, 5.41) is 6.74. The molecule has 2 unspecified atom stereocenters. The number of benzene rings is 1. The average molecular weight is 512 g/mol. The van der Waals surface area contributed by atoms with Gasteiger partial charge in [0.15, 0.2) is 0 Å². The summed E-state index contributed by atoms with van der Waals surface area (Å²) >= 11 is 7.32. The van der Waals surface area contributed by atoms with Crippen molar-refractivity contribution in [2.24, 2.45) is 7.05 Å². The van der Waals surface area contributed by atoms with E-state index in [1.165, 1.54) is 30.5 Å². The SMILES string of the molecule is CCc1sc(C2CC(C(=O)Nc3ccc(F)c(Cl)c3)N(C)S(=O)(=O)N2)cc1-c1cnn(C)c1. The van der Waals surface area contributed by atoms with E-state index in [4.69, 9.17) is 11.6 Å². The van der Waals surface area contributed by atoms with Gasteiger partial charge in [-0.15, -0.1) is 11.3 Å². The van der Waals surface area contributed by atoms with Crippen LogP contribution in [0.2, 0.25) is 5.02 Å². The summed E-state index contributed by atoms with van der Waals surface area (Å²) in [7, 11) is -0.711. The van der Waals surface area contributed by atoms with Gasteiger partial charge in [-0.05, 0) is 42.7 Å². The van der Waals surface area contributed by atoms with Gasteiger partial charge >= 0.3 is 0 Å². The summed E-state index contributed by atoms with van der Waals surface area (Å²) in [6.45, 7) is 2.04. The van der Waals surface area contributed by atoms with Crippen LogP contribution in [0.4, 0.5) is 10.1 Å². The Hall–Kier alpha value is -2.31. The van der Waals surface area contributed by atoms with Crippen LogP contribution in [0.25, 0.3) is 11.1 Å². The van der Waals surface area contributed by atoms with E-state index in [-0.39, 0.29) is 17.1 Å². The molecule has 1 saturated heterocycles. The molecule has 3 aromatic rings. The molecule has 2 aromatic heterocycles. The lowest BCUT2D eigenvalue weighted by atomic mass is 10.0. The summed E-state index contributed by atoms with van der Waals surface area (Å²) in [5.74, 6) is -1.12. The number of amides is 1. The minimum atomic E-state index is -3.90. The van der Waals surface area contributed by atoms with E-state index in [2.05, 4.69) is 15.1 Å². The predicted molar refractivity (Wildman–Crippen MR) is 127 cm³/mol. The van der Waals surface area contributed by atoms with Gasteiger partial charge in [-0.1, -0.05) is 18.5 Å².